The third-order valence-electron chi connectivity index (χ3n) is 2.14. The molecule has 0 saturated carbocycles. The average Bonchev–Trinajstić information content (AvgIpc) is 2.34. The van der Waals surface area contributed by atoms with Gasteiger partial charge < -0.3 is 4.90 Å². The first kappa shape index (κ1) is 9.15. The summed E-state index contributed by atoms with van der Waals surface area (Å²) in [5.74, 6) is -1.95. The monoisotopic (exact) mass is 213 g/mol. The fourth-order valence-corrected chi connectivity index (χ4v) is 1.54. The highest BCUT2D eigenvalue weighted by molar-refractivity contribution is 6.52. The Balaban J connectivity index is 2.71. The molecule has 0 fully saturated rings. The quantitative estimate of drug-likeness (QED) is 0.615. The summed E-state index contributed by atoms with van der Waals surface area (Å²) in [6.45, 7) is 0. The number of anilines is 1. The Kier molecular flexibility index (Phi) is 1.82. The molecule has 72 valence electrons. The topological polar surface area (TPSA) is 37.4 Å². The van der Waals surface area contributed by atoms with Crippen LogP contribution < -0.4 is 4.90 Å². The number of hydrogen-bond donors (Lipinski definition) is 0. The van der Waals surface area contributed by atoms with E-state index in [0.717, 1.165) is 11.0 Å². The van der Waals surface area contributed by atoms with Crippen molar-refractivity contribution >= 4 is 29.0 Å². The lowest BCUT2D eigenvalue weighted by atomic mass is 10.1. The molecule has 2 rings (SSSR count). The van der Waals surface area contributed by atoms with E-state index in [0.29, 0.717) is 0 Å². The zero-order valence-electron chi connectivity index (χ0n) is 7.17. The average molecular weight is 214 g/mol. The summed E-state index contributed by atoms with van der Waals surface area (Å²) < 4.78 is 13.0. The van der Waals surface area contributed by atoms with Gasteiger partial charge in [0.05, 0.1) is 16.3 Å². The van der Waals surface area contributed by atoms with E-state index < -0.39 is 17.5 Å². The molecule has 0 unspecified atom stereocenters. The zero-order chi connectivity index (χ0) is 10.5. The van der Waals surface area contributed by atoms with E-state index in [1.54, 1.807) is 0 Å². The van der Waals surface area contributed by atoms with E-state index in [2.05, 4.69) is 0 Å². The van der Waals surface area contributed by atoms with E-state index in [-0.39, 0.29) is 16.3 Å². The Bertz CT molecular complexity index is 458. The number of fused-ring (bicyclic) bond motifs is 1. The normalized spacial score (nSPS) is 14.9. The van der Waals surface area contributed by atoms with Gasteiger partial charge in [0.25, 0.3) is 11.7 Å². The first-order chi connectivity index (χ1) is 6.52. The van der Waals surface area contributed by atoms with Crippen LogP contribution in [0.2, 0.25) is 5.02 Å². The van der Waals surface area contributed by atoms with Gasteiger partial charge in [0.15, 0.2) is 0 Å². The van der Waals surface area contributed by atoms with Crippen molar-refractivity contribution in [2.24, 2.45) is 0 Å². The molecular formula is C9H5ClFNO2. The Morgan fingerprint density at radius 1 is 1.36 bits per heavy atom. The molecule has 0 atom stereocenters. The van der Waals surface area contributed by atoms with Crippen LogP contribution in [0.1, 0.15) is 10.4 Å². The third kappa shape index (κ3) is 1.04. The molecule has 0 N–H and O–H groups in total. The minimum Gasteiger partial charge on any atom is -0.308 e. The van der Waals surface area contributed by atoms with Gasteiger partial charge in [-0.05, 0) is 12.1 Å². The number of likely N-dealkylation sites (N-methyl/N-ethyl adjacent to an activating group) is 1. The lowest BCUT2D eigenvalue weighted by Crippen LogP contribution is -2.24. The van der Waals surface area contributed by atoms with E-state index >= 15 is 0 Å². The summed E-state index contributed by atoms with van der Waals surface area (Å²) in [7, 11) is 1.42. The van der Waals surface area contributed by atoms with Crippen LogP contribution >= 0.6 is 11.6 Å². The summed E-state index contributed by atoms with van der Waals surface area (Å²) in [4.78, 5) is 23.6. The predicted octanol–water partition coefficient (Wildman–Crippen LogP) is 1.64. The largest absolute Gasteiger partial charge is 0.308 e. The number of carbonyl (C=O) groups excluding carboxylic acids is 2. The standard InChI is InChI=1S/C9H5ClFNO2/c1-12-7-3-6(11)5(10)2-4(7)8(13)9(12)14/h2-3H,1H3. The minimum atomic E-state index is -0.665. The number of benzene rings is 1. The summed E-state index contributed by atoms with van der Waals surface area (Å²) in [5, 5.41) is -0.153. The molecule has 0 radical (unpaired) electrons. The lowest BCUT2D eigenvalue weighted by molar-refractivity contribution is -0.114. The summed E-state index contributed by atoms with van der Waals surface area (Å²) in [6.07, 6.45) is 0. The molecule has 0 saturated heterocycles. The van der Waals surface area contributed by atoms with Crippen LogP contribution in [-0.2, 0) is 4.79 Å². The van der Waals surface area contributed by atoms with Crippen molar-refractivity contribution in [2.45, 2.75) is 0 Å². The Morgan fingerprint density at radius 2 is 2.00 bits per heavy atom. The lowest BCUT2D eigenvalue weighted by Gasteiger charge is -2.08. The molecule has 14 heavy (non-hydrogen) atoms. The van der Waals surface area contributed by atoms with Crippen LogP contribution in [0.5, 0.6) is 0 Å². The number of halogens is 2. The van der Waals surface area contributed by atoms with Crippen molar-refractivity contribution in [3.63, 3.8) is 0 Å². The van der Waals surface area contributed by atoms with E-state index in [1.807, 2.05) is 0 Å². The first-order valence-electron chi connectivity index (χ1n) is 3.84. The van der Waals surface area contributed by atoms with E-state index in [1.165, 1.54) is 13.1 Å². The van der Waals surface area contributed by atoms with Gasteiger partial charge in [0, 0.05) is 7.05 Å². The number of ketones is 1. The van der Waals surface area contributed by atoms with Crippen molar-refractivity contribution < 1.29 is 14.0 Å². The number of nitrogens with zero attached hydrogens (tertiary/aromatic N) is 1. The first-order valence-corrected chi connectivity index (χ1v) is 4.21. The van der Waals surface area contributed by atoms with Gasteiger partial charge in [-0.3, -0.25) is 9.59 Å². The van der Waals surface area contributed by atoms with Crippen LogP contribution in [-0.4, -0.2) is 18.7 Å². The van der Waals surface area contributed by atoms with E-state index in [4.69, 9.17) is 11.6 Å². The number of carbonyl (C=O) groups is 2. The zero-order valence-corrected chi connectivity index (χ0v) is 7.93. The second-order valence-corrected chi connectivity index (χ2v) is 3.38. The number of Topliss-reactive ketones (excluding diaryl/α,β-unsaturated/α-hetero) is 1. The Hall–Kier alpha value is -1.42. The van der Waals surface area contributed by atoms with E-state index in [9.17, 15) is 14.0 Å². The summed E-state index contributed by atoms with van der Waals surface area (Å²) >= 11 is 5.50. The highest BCUT2D eigenvalue weighted by atomic mass is 35.5. The maximum atomic E-state index is 13.0. The van der Waals surface area contributed by atoms with Crippen molar-refractivity contribution in [1.29, 1.82) is 0 Å². The second kappa shape index (κ2) is 2.78. The highest BCUT2D eigenvalue weighted by Gasteiger charge is 2.34. The second-order valence-electron chi connectivity index (χ2n) is 2.98. The molecule has 1 aromatic rings. The van der Waals surface area contributed by atoms with Gasteiger partial charge >= 0.3 is 0 Å². The van der Waals surface area contributed by atoms with Crippen LogP contribution in [0.3, 0.4) is 0 Å². The molecule has 0 bridgehead atoms. The smallest absolute Gasteiger partial charge is 0.299 e. The van der Waals surface area contributed by atoms with Gasteiger partial charge in [-0.2, -0.15) is 0 Å². The fourth-order valence-electron chi connectivity index (χ4n) is 1.37. The Labute approximate surface area is 84.1 Å². The molecule has 3 nitrogen and oxygen atoms in total. The summed E-state index contributed by atoms with van der Waals surface area (Å²) in [6, 6.07) is 2.26. The SMILES string of the molecule is CN1C(=O)C(=O)c2cc(Cl)c(F)cc21. The number of rotatable bonds is 0. The molecular weight excluding hydrogens is 209 g/mol. The third-order valence-corrected chi connectivity index (χ3v) is 2.43. The van der Waals surface area contributed by atoms with Crippen molar-refractivity contribution in [1.82, 2.24) is 0 Å². The number of hydrogen-bond acceptors (Lipinski definition) is 2. The predicted molar refractivity (Wildman–Crippen MR) is 49.2 cm³/mol. The molecule has 0 spiro atoms. The van der Waals surface area contributed by atoms with Crippen LogP contribution in [0.25, 0.3) is 0 Å². The minimum absolute atomic E-state index is 0.153. The van der Waals surface area contributed by atoms with Gasteiger partial charge in [0.1, 0.15) is 5.82 Å². The van der Waals surface area contributed by atoms with Gasteiger partial charge in [-0.1, -0.05) is 11.6 Å². The Morgan fingerprint density at radius 3 is 2.64 bits per heavy atom. The fraction of sp³-hybridized carbons (Fsp3) is 0.111. The highest BCUT2D eigenvalue weighted by Crippen LogP contribution is 2.31. The van der Waals surface area contributed by atoms with Crippen LogP contribution in [0, 0.1) is 5.82 Å². The maximum Gasteiger partial charge on any atom is 0.299 e. The number of amides is 1. The van der Waals surface area contributed by atoms with Crippen molar-refractivity contribution in [3.05, 3.63) is 28.5 Å². The van der Waals surface area contributed by atoms with Gasteiger partial charge in [-0.15, -0.1) is 0 Å². The molecule has 0 aromatic heterocycles. The maximum absolute atomic E-state index is 13.0. The molecule has 1 heterocycles. The van der Waals surface area contributed by atoms with Gasteiger partial charge in [0.2, 0.25) is 0 Å². The summed E-state index contributed by atoms with van der Waals surface area (Å²) in [5.41, 5.74) is 0.422. The van der Waals surface area contributed by atoms with Gasteiger partial charge in [-0.25, -0.2) is 4.39 Å². The molecule has 1 amide bonds. The molecule has 0 aliphatic carbocycles. The molecule has 5 heteroatoms. The molecule has 1 aromatic carbocycles. The van der Waals surface area contributed by atoms with Crippen LogP contribution in [0.4, 0.5) is 10.1 Å². The van der Waals surface area contributed by atoms with Crippen molar-refractivity contribution in [3.8, 4) is 0 Å². The van der Waals surface area contributed by atoms with Crippen molar-refractivity contribution in [2.75, 3.05) is 11.9 Å². The van der Waals surface area contributed by atoms with Crippen LogP contribution in [0.15, 0.2) is 12.1 Å². The molecule has 1 aliphatic rings. The molecule has 1 aliphatic heterocycles.